The summed E-state index contributed by atoms with van der Waals surface area (Å²) in [6.07, 6.45) is 6.82. The number of para-hydroxylation sites is 1. The summed E-state index contributed by atoms with van der Waals surface area (Å²) < 4.78 is 0. The molecule has 0 saturated heterocycles. The van der Waals surface area contributed by atoms with Gasteiger partial charge in [0.2, 0.25) is 0 Å². The number of hydrogen-bond acceptors (Lipinski definition) is 1. The van der Waals surface area contributed by atoms with E-state index in [-0.39, 0.29) is 0 Å². The van der Waals surface area contributed by atoms with Crippen LogP contribution in [0.15, 0.2) is 35.3 Å². The highest BCUT2D eigenvalue weighted by Gasteiger charge is 2.21. The highest BCUT2D eigenvalue weighted by Crippen LogP contribution is 2.37. The molecule has 0 saturated carbocycles. The Balaban J connectivity index is 2.23. The lowest BCUT2D eigenvalue weighted by atomic mass is 9.94. The molecular weight excluding hydrogens is 158 g/mol. The van der Waals surface area contributed by atoms with Gasteiger partial charge >= 0.3 is 0 Å². The molecule has 2 aliphatic rings. The average Bonchev–Trinajstić information content (AvgIpc) is 2.56. The lowest BCUT2D eigenvalue weighted by Gasteiger charge is -2.09. The Morgan fingerprint density at radius 3 is 3.00 bits per heavy atom. The van der Waals surface area contributed by atoms with Crippen molar-refractivity contribution in [1.29, 1.82) is 0 Å². The van der Waals surface area contributed by atoms with Crippen molar-refractivity contribution in [3.8, 4) is 0 Å². The van der Waals surface area contributed by atoms with Gasteiger partial charge in [0.05, 0.1) is 11.4 Å². The lowest BCUT2D eigenvalue weighted by molar-refractivity contribution is 1.01. The molecule has 1 aliphatic carbocycles. The van der Waals surface area contributed by atoms with E-state index in [1.807, 2.05) is 6.07 Å². The van der Waals surface area contributed by atoms with Crippen molar-refractivity contribution in [2.75, 3.05) is 0 Å². The molecule has 63 valence electrons. The minimum absolute atomic E-state index is 1.13. The number of fused-ring (bicyclic) bond motifs is 3. The zero-order valence-corrected chi connectivity index (χ0v) is 7.33. The molecule has 1 heterocycles. The topological polar surface area (TPSA) is 12.4 Å². The first-order chi connectivity index (χ1) is 6.45. The Bertz CT molecular complexity index is 413. The zero-order chi connectivity index (χ0) is 8.67. The second-order valence-corrected chi connectivity index (χ2v) is 3.41. The maximum atomic E-state index is 4.57. The first-order valence-electron chi connectivity index (χ1n) is 4.67. The Kier molecular flexibility index (Phi) is 1.39. The molecule has 3 rings (SSSR count). The normalized spacial score (nSPS) is 18.8. The summed E-state index contributed by atoms with van der Waals surface area (Å²) in [5.74, 6) is 0. The predicted molar refractivity (Wildman–Crippen MR) is 55.0 cm³/mol. The molecule has 1 radical (unpaired) electrons. The van der Waals surface area contributed by atoms with Gasteiger partial charge in [0, 0.05) is 17.6 Å². The van der Waals surface area contributed by atoms with Gasteiger partial charge in [0.1, 0.15) is 0 Å². The van der Waals surface area contributed by atoms with Crippen molar-refractivity contribution in [2.45, 2.75) is 12.8 Å². The predicted octanol–water partition coefficient (Wildman–Crippen LogP) is 3.15. The van der Waals surface area contributed by atoms with E-state index in [4.69, 9.17) is 0 Å². The molecule has 1 heteroatoms. The Morgan fingerprint density at radius 1 is 1.08 bits per heavy atom. The fourth-order valence-corrected chi connectivity index (χ4v) is 1.94. The molecular formula is C12H10N. The first kappa shape index (κ1) is 7.07. The van der Waals surface area contributed by atoms with Crippen LogP contribution in [0.3, 0.4) is 0 Å². The number of aliphatic imine (C=N–C) groups is 1. The fourth-order valence-electron chi connectivity index (χ4n) is 1.94. The van der Waals surface area contributed by atoms with Gasteiger partial charge in [-0.25, -0.2) is 0 Å². The van der Waals surface area contributed by atoms with Crippen LogP contribution in [0.5, 0.6) is 0 Å². The van der Waals surface area contributed by atoms with Crippen LogP contribution >= 0.6 is 0 Å². The van der Waals surface area contributed by atoms with E-state index in [0.717, 1.165) is 18.5 Å². The third-order valence-electron chi connectivity index (χ3n) is 2.56. The first-order valence-corrected chi connectivity index (χ1v) is 4.67. The van der Waals surface area contributed by atoms with Crippen molar-refractivity contribution in [3.05, 3.63) is 42.3 Å². The summed E-state index contributed by atoms with van der Waals surface area (Å²) in [4.78, 5) is 4.57. The van der Waals surface area contributed by atoms with Crippen LogP contribution < -0.4 is 0 Å². The minimum atomic E-state index is 1.13. The summed E-state index contributed by atoms with van der Waals surface area (Å²) in [5, 5.41) is 0. The molecule has 1 aliphatic heterocycles. The highest BCUT2D eigenvalue weighted by molar-refractivity contribution is 6.32. The van der Waals surface area contributed by atoms with E-state index in [2.05, 4.69) is 35.7 Å². The zero-order valence-electron chi connectivity index (χ0n) is 7.33. The van der Waals surface area contributed by atoms with Crippen molar-refractivity contribution in [2.24, 2.45) is 4.99 Å². The van der Waals surface area contributed by atoms with Crippen molar-refractivity contribution in [3.63, 3.8) is 0 Å². The molecule has 0 N–H and O–H groups in total. The van der Waals surface area contributed by atoms with E-state index >= 15 is 0 Å². The van der Waals surface area contributed by atoms with E-state index in [9.17, 15) is 0 Å². The van der Waals surface area contributed by atoms with Crippen LogP contribution in [0.4, 0.5) is 5.69 Å². The van der Waals surface area contributed by atoms with Gasteiger partial charge in [-0.05, 0) is 18.9 Å². The Labute approximate surface area is 77.8 Å². The number of nitrogens with zero attached hydrogens (tertiary/aromatic N) is 1. The number of hydrogen-bond donors (Lipinski definition) is 0. The quantitative estimate of drug-likeness (QED) is 0.564. The molecule has 0 atom stereocenters. The molecule has 0 spiro atoms. The van der Waals surface area contributed by atoms with E-state index in [1.54, 1.807) is 0 Å². The number of allylic oxidation sites excluding steroid dienone is 2. The minimum Gasteiger partial charge on any atom is -0.252 e. The molecule has 0 amide bonds. The van der Waals surface area contributed by atoms with Gasteiger partial charge in [-0.15, -0.1) is 0 Å². The van der Waals surface area contributed by atoms with E-state index in [1.165, 1.54) is 16.8 Å². The van der Waals surface area contributed by atoms with Gasteiger partial charge in [0.25, 0.3) is 0 Å². The second kappa shape index (κ2) is 2.56. The molecule has 0 unspecified atom stereocenters. The summed E-state index contributed by atoms with van der Waals surface area (Å²) in [6, 6.07) is 8.35. The summed E-state index contributed by atoms with van der Waals surface area (Å²) in [6.45, 7) is 0. The maximum Gasteiger partial charge on any atom is 0.0712 e. The smallest absolute Gasteiger partial charge is 0.0712 e. The van der Waals surface area contributed by atoms with Gasteiger partial charge < -0.3 is 0 Å². The molecule has 13 heavy (non-hydrogen) atoms. The van der Waals surface area contributed by atoms with Crippen LogP contribution in [0.1, 0.15) is 18.4 Å². The SMILES string of the molecule is [CH]1CCC=C2C1=Nc1ccccc12. The van der Waals surface area contributed by atoms with Crippen molar-refractivity contribution >= 4 is 17.0 Å². The van der Waals surface area contributed by atoms with Gasteiger partial charge in [0.15, 0.2) is 0 Å². The Morgan fingerprint density at radius 2 is 2.00 bits per heavy atom. The van der Waals surface area contributed by atoms with Crippen LogP contribution in [-0.4, -0.2) is 5.71 Å². The van der Waals surface area contributed by atoms with Gasteiger partial charge in [-0.3, -0.25) is 4.99 Å². The van der Waals surface area contributed by atoms with Crippen LogP contribution in [-0.2, 0) is 0 Å². The van der Waals surface area contributed by atoms with Crippen LogP contribution in [0.2, 0.25) is 0 Å². The number of rotatable bonds is 0. The van der Waals surface area contributed by atoms with Crippen LogP contribution in [0, 0.1) is 6.42 Å². The second-order valence-electron chi connectivity index (χ2n) is 3.41. The van der Waals surface area contributed by atoms with Gasteiger partial charge in [-0.2, -0.15) is 0 Å². The molecule has 0 bridgehead atoms. The molecule has 1 aromatic rings. The maximum absolute atomic E-state index is 4.57. The molecule has 0 fully saturated rings. The Hall–Kier alpha value is -1.37. The monoisotopic (exact) mass is 168 g/mol. The number of benzene rings is 1. The fraction of sp³-hybridized carbons (Fsp3) is 0.167. The third kappa shape index (κ3) is 0.966. The largest absolute Gasteiger partial charge is 0.252 e. The summed E-state index contributed by atoms with van der Waals surface area (Å²) in [5.41, 5.74) is 4.93. The average molecular weight is 168 g/mol. The van der Waals surface area contributed by atoms with Crippen molar-refractivity contribution < 1.29 is 0 Å². The van der Waals surface area contributed by atoms with Gasteiger partial charge in [-0.1, -0.05) is 24.3 Å². The third-order valence-corrected chi connectivity index (χ3v) is 2.56. The van der Waals surface area contributed by atoms with Crippen molar-refractivity contribution in [1.82, 2.24) is 0 Å². The van der Waals surface area contributed by atoms with E-state index < -0.39 is 0 Å². The molecule has 0 aromatic heterocycles. The van der Waals surface area contributed by atoms with Crippen LogP contribution in [0.25, 0.3) is 5.57 Å². The standard InChI is InChI=1S/C12H10N/c1-3-7-11-9(5-1)10-6-2-4-8-12(10)13-11/h1,3,5-8H,2,4H2. The van der Waals surface area contributed by atoms with E-state index in [0.29, 0.717) is 0 Å². The summed E-state index contributed by atoms with van der Waals surface area (Å²) in [7, 11) is 0. The highest BCUT2D eigenvalue weighted by atomic mass is 14.8. The molecule has 1 nitrogen and oxygen atoms in total. The molecule has 1 aromatic carbocycles. The lowest BCUT2D eigenvalue weighted by Crippen LogP contribution is -2.02. The summed E-state index contributed by atoms with van der Waals surface area (Å²) >= 11 is 0.